The summed E-state index contributed by atoms with van der Waals surface area (Å²) in [5, 5.41) is 7.93. The molecule has 0 radical (unpaired) electrons. The Hall–Kier alpha value is -1.09. The minimum absolute atomic E-state index is 0. The van der Waals surface area contributed by atoms with Crippen LogP contribution >= 0.6 is 24.0 Å². The Balaban J connectivity index is 0.00000364. The Morgan fingerprint density at radius 2 is 1.93 bits per heavy atom. The summed E-state index contributed by atoms with van der Waals surface area (Å²) in [5.41, 5.74) is 3.75. The number of aliphatic imine (C=N–C) groups is 1. The molecule has 0 aliphatic heterocycles. The first kappa shape index (κ1) is 23.9. The second-order valence-corrected chi connectivity index (χ2v) is 9.70. The van der Waals surface area contributed by atoms with Crippen molar-refractivity contribution in [2.45, 2.75) is 45.8 Å². The molecule has 0 bridgehead atoms. The largest absolute Gasteiger partial charge is 0.358 e. The number of fused-ring (bicyclic) bond motifs is 1. The summed E-state index contributed by atoms with van der Waals surface area (Å²) in [6.07, 6.45) is 0.925. The maximum Gasteiger partial charge on any atom is 0.191 e. The lowest BCUT2D eigenvalue weighted by Gasteiger charge is -2.17. The van der Waals surface area contributed by atoms with Crippen molar-refractivity contribution in [3.63, 3.8) is 0 Å². The second-order valence-electron chi connectivity index (χ2n) is 7.37. The molecule has 1 heterocycles. The average molecular weight is 504 g/mol. The van der Waals surface area contributed by atoms with E-state index in [1.165, 1.54) is 22.2 Å². The minimum atomic E-state index is -0.873. The molecule has 0 aliphatic carbocycles. The summed E-state index contributed by atoms with van der Waals surface area (Å²) in [5.74, 6) is 1.37. The second kappa shape index (κ2) is 11.0. The van der Waals surface area contributed by atoms with Crippen LogP contribution in [-0.4, -0.2) is 45.3 Å². The monoisotopic (exact) mass is 504 g/mol. The van der Waals surface area contributed by atoms with Crippen LogP contribution in [0.5, 0.6) is 0 Å². The van der Waals surface area contributed by atoms with E-state index >= 15 is 0 Å². The number of guanidine groups is 1. The number of benzene rings is 1. The molecular formula is C20H33IN4OS. The normalized spacial score (nSPS) is 13.3. The van der Waals surface area contributed by atoms with Crippen LogP contribution in [0, 0.1) is 6.92 Å². The van der Waals surface area contributed by atoms with Crippen LogP contribution in [0.1, 0.15) is 39.0 Å². The molecular weight excluding hydrogens is 471 g/mol. The van der Waals surface area contributed by atoms with Crippen molar-refractivity contribution < 1.29 is 4.21 Å². The number of H-pyrrole nitrogens is 1. The van der Waals surface area contributed by atoms with Crippen molar-refractivity contribution in [1.29, 1.82) is 0 Å². The van der Waals surface area contributed by atoms with Gasteiger partial charge in [-0.1, -0.05) is 18.2 Å². The van der Waals surface area contributed by atoms with Crippen LogP contribution in [0.25, 0.3) is 10.9 Å². The smallest absolute Gasteiger partial charge is 0.191 e. The third-order valence-electron chi connectivity index (χ3n) is 4.27. The molecule has 27 heavy (non-hydrogen) atoms. The number of aryl methyl sites for hydroxylation is 1. The SMILES string of the molecule is CCNC(=NCCS(=O)C(C)(C)C)NCCc1c(C)[nH]c2ccccc12.I. The number of nitrogens with zero attached hydrogens (tertiary/aromatic N) is 1. The van der Waals surface area contributed by atoms with Crippen LogP contribution < -0.4 is 10.6 Å². The molecule has 0 spiro atoms. The summed E-state index contributed by atoms with van der Waals surface area (Å²) in [6.45, 7) is 12.3. The summed E-state index contributed by atoms with van der Waals surface area (Å²) >= 11 is 0. The van der Waals surface area contributed by atoms with Crippen LogP contribution in [0.2, 0.25) is 0 Å². The maximum atomic E-state index is 12.1. The molecule has 0 amide bonds. The van der Waals surface area contributed by atoms with E-state index in [0.717, 1.165) is 25.5 Å². The molecule has 2 rings (SSSR count). The quantitative estimate of drug-likeness (QED) is 0.306. The fourth-order valence-electron chi connectivity index (χ4n) is 2.85. The zero-order chi connectivity index (χ0) is 19.2. The fraction of sp³-hybridized carbons (Fsp3) is 0.550. The number of aromatic nitrogens is 1. The van der Waals surface area contributed by atoms with Gasteiger partial charge in [-0.15, -0.1) is 24.0 Å². The number of halogens is 1. The first-order chi connectivity index (χ1) is 12.3. The number of nitrogens with one attached hydrogen (secondary N) is 3. The number of para-hydroxylation sites is 1. The van der Waals surface area contributed by atoms with Gasteiger partial charge in [-0.05, 0) is 52.7 Å². The van der Waals surface area contributed by atoms with Crippen LogP contribution in [0.4, 0.5) is 0 Å². The van der Waals surface area contributed by atoms with Gasteiger partial charge in [0.25, 0.3) is 0 Å². The molecule has 0 saturated heterocycles. The highest BCUT2D eigenvalue weighted by Crippen LogP contribution is 2.21. The molecule has 0 aliphatic rings. The van der Waals surface area contributed by atoms with Crippen molar-refractivity contribution in [3.8, 4) is 0 Å². The molecule has 152 valence electrons. The third kappa shape index (κ3) is 7.10. The Bertz CT molecular complexity index is 780. The van der Waals surface area contributed by atoms with Gasteiger partial charge in [-0.3, -0.25) is 9.20 Å². The predicted molar refractivity (Wildman–Crippen MR) is 129 cm³/mol. The number of hydrogen-bond donors (Lipinski definition) is 3. The summed E-state index contributed by atoms with van der Waals surface area (Å²) in [7, 11) is -0.873. The molecule has 1 aromatic heterocycles. The van der Waals surface area contributed by atoms with Gasteiger partial charge in [0.2, 0.25) is 0 Å². The van der Waals surface area contributed by atoms with Gasteiger partial charge in [-0.2, -0.15) is 0 Å². The van der Waals surface area contributed by atoms with Crippen molar-refractivity contribution in [2.24, 2.45) is 4.99 Å². The lowest BCUT2D eigenvalue weighted by atomic mass is 10.1. The zero-order valence-corrected chi connectivity index (χ0v) is 20.2. The molecule has 2 aromatic rings. The summed E-state index contributed by atoms with van der Waals surface area (Å²) in [6, 6.07) is 8.40. The van der Waals surface area contributed by atoms with E-state index in [0.29, 0.717) is 12.3 Å². The van der Waals surface area contributed by atoms with E-state index in [-0.39, 0.29) is 28.7 Å². The van der Waals surface area contributed by atoms with Gasteiger partial charge in [-0.25, -0.2) is 0 Å². The molecule has 1 aromatic carbocycles. The lowest BCUT2D eigenvalue weighted by Crippen LogP contribution is -2.38. The summed E-state index contributed by atoms with van der Waals surface area (Å²) in [4.78, 5) is 8.01. The Morgan fingerprint density at radius 3 is 2.59 bits per heavy atom. The lowest BCUT2D eigenvalue weighted by molar-refractivity contribution is 0.648. The van der Waals surface area contributed by atoms with Crippen molar-refractivity contribution in [1.82, 2.24) is 15.6 Å². The zero-order valence-electron chi connectivity index (χ0n) is 17.0. The van der Waals surface area contributed by atoms with Crippen molar-refractivity contribution in [3.05, 3.63) is 35.5 Å². The van der Waals surface area contributed by atoms with E-state index in [1.54, 1.807) is 0 Å². The van der Waals surface area contributed by atoms with E-state index in [4.69, 9.17) is 0 Å². The van der Waals surface area contributed by atoms with Gasteiger partial charge in [0.15, 0.2) is 5.96 Å². The Morgan fingerprint density at radius 1 is 1.22 bits per heavy atom. The third-order valence-corrected chi connectivity index (χ3v) is 6.19. The average Bonchev–Trinajstić information content (AvgIpc) is 2.89. The highest BCUT2D eigenvalue weighted by Gasteiger charge is 2.18. The van der Waals surface area contributed by atoms with Gasteiger partial charge < -0.3 is 15.6 Å². The highest BCUT2D eigenvalue weighted by atomic mass is 127. The number of aromatic amines is 1. The molecule has 1 atom stereocenters. The first-order valence-electron chi connectivity index (χ1n) is 9.29. The van der Waals surface area contributed by atoms with E-state index in [1.807, 2.05) is 27.7 Å². The van der Waals surface area contributed by atoms with E-state index in [2.05, 4.69) is 51.8 Å². The molecule has 7 heteroatoms. The summed E-state index contributed by atoms with van der Waals surface area (Å²) < 4.78 is 11.9. The first-order valence-corrected chi connectivity index (χ1v) is 10.6. The van der Waals surface area contributed by atoms with Crippen molar-refractivity contribution >= 4 is 51.6 Å². The van der Waals surface area contributed by atoms with E-state index < -0.39 is 10.8 Å². The van der Waals surface area contributed by atoms with E-state index in [9.17, 15) is 4.21 Å². The molecule has 0 fully saturated rings. The Kier molecular flexibility index (Phi) is 9.80. The van der Waals surface area contributed by atoms with Crippen LogP contribution in [0.15, 0.2) is 29.3 Å². The fourth-order valence-corrected chi connectivity index (χ4v) is 3.72. The molecule has 1 unspecified atom stereocenters. The van der Waals surface area contributed by atoms with Crippen LogP contribution in [0.3, 0.4) is 0 Å². The Labute approximate surface area is 182 Å². The van der Waals surface area contributed by atoms with Crippen LogP contribution in [-0.2, 0) is 17.2 Å². The number of rotatable bonds is 7. The van der Waals surface area contributed by atoms with Gasteiger partial charge in [0.1, 0.15) is 0 Å². The van der Waals surface area contributed by atoms with Gasteiger partial charge in [0, 0.05) is 51.0 Å². The molecule has 3 N–H and O–H groups in total. The highest BCUT2D eigenvalue weighted by molar-refractivity contribution is 14.0. The molecule has 0 saturated carbocycles. The van der Waals surface area contributed by atoms with Gasteiger partial charge >= 0.3 is 0 Å². The maximum absolute atomic E-state index is 12.1. The minimum Gasteiger partial charge on any atom is -0.358 e. The molecule has 5 nitrogen and oxygen atoms in total. The van der Waals surface area contributed by atoms with Crippen molar-refractivity contribution in [2.75, 3.05) is 25.4 Å². The standard InChI is InChI=1S/C20H32N4OS.HI/c1-6-21-19(23-13-14-26(25)20(3,4)5)22-12-11-16-15(2)24-18-10-8-7-9-17(16)18;/h7-10,24H,6,11-14H2,1-5H3,(H2,21,22,23);1H. The van der Waals surface area contributed by atoms with Gasteiger partial charge in [0.05, 0.1) is 6.54 Å². The predicted octanol–water partition coefficient (Wildman–Crippen LogP) is 3.74. The number of hydrogen-bond acceptors (Lipinski definition) is 2. The topological polar surface area (TPSA) is 69.3 Å².